The molecule has 1 aromatic rings. The van der Waals surface area contributed by atoms with Crippen molar-refractivity contribution in [3.8, 4) is 5.75 Å². The number of ether oxygens (including phenoxy) is 1. The van der Waals surface area contributed by atoms with Crippen LogP contribution in [0.1, 0.15) is 39.0 Å². The quantitative estimate of drug-likeness (QED) is 0.774. The van der Waals surface area contributed by atoms with Crippen molar-refractivity contribution in [2.45, 2.75) is 45.1 Å². The van der Waals surface area contributed by atoms with Crippen LogP contribution < -0.4 is 15.4 Å². The number of hydrogen-bond acceptors (Lipinski definition) is 3. The predicted octanol–water partition coefficient (Wildman–Crippen LogP) is 2.88. The van der Waals surface area contributed by atoms with Crippen LogP contribution in [0.5, 0.6) is 5.75 Å². The van der Waals surface area contributed by atoms with E-state index >= 15 is 0 Å². The van der Waals surface area contributed by atoms with Gasteiger partial charge in [0.05, 0.1) is 6.54 Å². The molecule has 1 amide bonds. The standard InChI is InChI=1S/C18H27FN2O2/c1-2-16(23-17-5-3-4-15(19)12-17)13-21-18(22)7-6-14-8-10-20-11-9-14/h3-5,12,14,16,20H,2,6-11,13H2,1H3,(H,21,22). The molecule has 5 heteroatoms. The predicted molar refractivity (Wildman–Crippen MR) is 88.9 cm³/mol. The summed E-state index contributed by atoms with van der Waals surface area (Å²) >= 11 is 0. The SMILES string of the molecule is CCC(CNC(=O)CCC1CCNCC1)Oc1cccc(F)c1. The zero-order valence-corrected chi connectivity index (χ0v) is 13.8. The first-order chi connectivity index (χ1) is 11.2. The summed E-state index contributed by atoms with van der Waals surface area (Å²) in [5, 5.41) is 6.27. The second kappa shape index (κ2) is 9.50. The zero-order valence-electron chi connectivity index (χ0n) is 13.8. The van der Waals surface area contributed by atoms with E-state index in [1.165, 1.54) is 12.1 Å². The first kappa shape index (κ1) is 17.7. The summed E-state index contributed by atoms with van der Waals surface area (Å²) in [4.78, 5) is 12.0. The van der Waals surface area contributed by atoms with E-state index in [9.17, 15) is 9.18 Å². The Hall–Kier alpha value is -1.62. The largest absolute Gasteiger partial charge is 0.489 e. The van der Waals surface area contributed by atoms with Gasteiger partial charge >= 0.3 is 0 Å². The molecule has 0 radical (unpaired) electrons. The first-order valence-electron chi connectivity index (χ1n) is 8.57. The summed E-state index contributed by atoms with van der Waals surface area (Å²) in [6.45, 7) is 4.57. The van der Waals surface area contributed by atoms with Crippen LogP contribution in [0.3, 0.4) is 0 Å². The summed E-state index contributed by atoms with van der Waals surface area (Å²) in [6.07, 6.45) is 4.46. The minimum absolute atomic E-state index is 0.0739. The van der Waals surface area contributed by atoms with E-state index < -0.39 is 0 Å². The van der Waals surface area contributed by atoms with Gasteiger partial charge in [0.25, 0.3) is 0 Å². The third kappa shape index (κ3) is 6.57. The molecule has 2 rings (SSSR count). The van der Waals surface area contributed by atoms with E-state index in [0.717, 1.165) is 38.8 Å². The van der Waals surface area contributed by atoms with Crippen molar-refractivity contribution in [3.63, 3.8) is 0 Å². The molecule has 2 N–H and O–H groups in total. The molecule has 23 heavy (non-hydrogen) atoms. The number of hydrogen-bond donors (Lipinski definition) is 2. The maximum Gasteiger partial charge on any atom is 0.220 e. The van der Waals surface area contributed by atoms with Crippen molar-refractivity contribution in [1.29, 1.82) is 0 Å². The molecule has 1 heterocycles. The lowest BCUT2D eigenvalue weighted by atomic mass is 9.93. The van der Waals surface area contributed by atoms with E-state index in [2.05, 4.69) is 10.6 Å². The average molecular weight is 322 g/mol. The molecule has 1 atom stereocenters. The topological polar surface area (TPSA) is 50.4 Å². The lowest BCUT2D eigenvalue weighted by molar-refractivity contribution is -0.121. The van der Waals surface area contributed by atoms with Gasteiger partial charge in [-0.05, 0) is 56.8 Å². The maximum absolute atomic E-state index is 13.2. The highest BCUT2D eigenvalue weighted by atomic mass is 19.1. The van der Waals surface area contributed by atoms with Crippen LogP contribution in [0.2, 0.25) is 0 Å². The minimum Gasteiger partial charge on any atom is -0.489 e. The number of benzene rings is 1. The van der Waals surface area contributed by atoms with Crippen molar-refractivity contribution in [2.75, 3.05) is 19.6 Å². The third-order valence-electron chi connectivity index (χ3n) is 4.32. The number of carbonyl (C=O) groups is 1. The van der Waals surface area contributed by atoms with Crippen LogP contribution in [0.15, 0.2) is 24.3 Å². The van der Waals surface area contributed by atoms with Crippen LogP contribution in [-0.2, 0) is 4.79 Å². The molecule has 1 aromatic carbocycles. The lowest BCUT2D eigenvalue weighted by Crippen LogP contribution is -2.35. The van der Waals surface area contributed by atoms with Gasteiger partial charge in [-0.1, -0.05) is 13.0 Å². The molecule has 1 fully saturated rings. The number of piperidine rings is 1. The van der Waals surface area contributed by atoms with Crippen molar-refractivity contribution >= 4 is 5.91 Å². The van der Waals surface area contributed by atoms with Gasteiger partial charge in [0.15, 0.2) is 0 Å². The summed E-state index contributed by atoms with van der Waals surface area (Å²) in [5.74, 6) is 0.918. The van der Waals surface area contributed by atoms with E-state index in [4.69, 9.17) is 4.74 Å². The molecular weight excluding hydrogens is 295 g/mol. The molecule has 0 aromatic heterocycles. The van der Waals surface area contributed by atoms with E-state index in [-0.39, 0.29) is 17.8 Å². The Morgan fingerprint density at radius 2 is 2.22 bits per heavy atom. The average Bonchev–Trinajstić information content (AvgIpc) is 2.57. The van der Waals surface area contributed by atoms with E-state index in [1.54, 1.807) is 12.1 Å². The van der Waals surface area contributed by atoms with Crippen LogP contribution in [-0.4, -0.2) is 31.6 Å². The molecule has 0 bridgehead atoms. The first-order valence-corrected chi connectivity index (χ1v) is 8.57. The molecule has 1 unspecified atom stereocenters. The normalized spacial score (nSPS) is 16.8. The molecule has 0 spiro atoms. The maximum atomic E-state index is 13.2. The number of rotatable bonds is 8. The molecular formula is C18H27FN2O2. The van der Waals surface area contributed by atoms with Crippen molar-refractivity contribution < 1.29 is 13.9 Å². The Bertz CT molecular complexity index is 490. The van der Waals surface area contributed by atoms with Gasteiger partial charge in [0.1, 0.15) is 17.7 Å². The summed E-state index contributed by atoms with van der Waals surface area (Å²) in [5.41, 5.74) is 0. The highest BCUT2D eigenvalue weighted by Crippen LogP contribution is 2.18. The zero-order chi connectivity index (χ0) is 16.5. The smallest absolute Gasteiger partial charge is 0.220 e. The van der Waals surface area contributed by atoms with Crippen molar-refractivity contribution in [1.82, 2.24) is 10.6 Å². The minimum atomic E-state index is -0.316. The van der Waals surface area contributed by atoms with E-state index in [0.29, 0.717) is 24.6 Å². The Morgan fingerprint density at radius 1 is 1.43 bits per heavy atom. The van der Waals surface area contributed by atoms with Gasteiger partial charge < -0.3 is 15.4 Å². The fourth-order valence-corrected chi connectivity index (χ4v) is 2.82. The second-order valence-electron chi connectivity index (χ2n) is 6.14. The number of amides is 1. The number of carbonyl (C=O) groups excluding carboxylic acids is 1. The van der Waals surface area contributed by atoms with Crippen molar-refractivity contribution in [2.24, 2.45) is 5.92 Å². The Labute approximate surface area is 137 Å². The van der Waals surface area contributed by atoms with Crippen LogP contribution in [0, 0.1) is 11.7 Å². The van der Waals surface area contributed by atoms with E-state index in [1.807, 2.05) is 6.92 Å². The van der Waals surface area contributed by atoms with Gasteiger partial charge in [-0.25, -0.2) is 4.39 Å². The molecule has 4 nitrogen and oxygen atoms in total. The molecule has 1 aliphatic heterocycles. The summed E-state index contributed by atoms with van der Waals surface area (Å²) in [6, 6.07) is 6.09. The van der Waals surface area contributed by atoms with Gasteiger partial charge in [-0.3, -0.25) is 4.79 Å². The molecule has 128 valence electrons. The van der Waals surface area contributed by atoms with Crippen LogP contribution in [0.4, 0.5) is 4.39 Å². The Balaban J connectivity index is 1.68. The summed E-state index contributed by atoms with van der Waals surface area (Å²) < 4.78 is 18.9. The van der Waals surface area contributed by atoms with Crippen molar-refractivity contribution in [3.05, 3.63) is 30.1 Å². The van der Waals surface area contributed by atoms with Crippen LogP contribution in [0.25, 0.3) is 0 Å². The molecule has 1 aliphatic rings. The second-order valence-corrected chi connectivity index (χ2v) is 6.14. The fourth-order valence-electron chi connectivity index (χ4n) is 2.82. The van der Waals surface area contributed by atoms with Gasteiger partial charge in [0.2, 0.25) is 5.91 Å². The Morgan fingerprint density at radius 3 is 2.91 bits per heavy atom. The molecule has 1 saturated heterocycles. The fraction of sp³-hybridized carbons (Fsp3) is 0.611. The third-order valence-corrected chi connectivity index (χ3v) is 4.32. The molecule has 0 aliphatic carbocycles. The highest BCUT2D eigenvalue weighted by molar-refractivity contribution is 5.75. The van der Waals surface area contributed by atoms with Crippen LogP contribution >= 0.6 is 0 Å². The number of nitrogens with one attached hydrogen (secondary N) is 2. The van der Waals surface area contributed by atoms with Gasteiger partial charge in [0, 0.05) is 12.5 Å². The van der Waals surface area contributed by atoms with Gasteiger partial charge in [-0.2, -0.15) is 0 Å². The highest BCUT2D eigenvalue weighted by Gasteiger charge is 2.15. The molecule has 0 saturated carbocycles. The summed E-state index contributed by atoms with van der Waals surface area (Å²) in [7, 11) is 0. The Kier molecular flexibility index (Phi) is 7.33. The lowest BCUT2D eigenvalue weighted by Gasteiger charge is -2.22. The van der Waals surface area contributed by atoms with Gasteiger partial charge in [-0.15, -0.1) is 0 Å². The number of halogens is 1. The monoisotopic (exact) mass is 322 g/mol.